The van der Waals surface area contributed by atoms with Gasteiger partial charge in [-0.25, -0.2) is 9.97 Å². The Balaban J connectivity index is 1.46. The van der Waals surface area contributed by atoms with E-state index in [-0.39, 0.29) is 5.91 Å². The molecule has 4 rings (SSSR count). The number of carbonyl (C=O) groups is 1. The molecule has 1 fully saturated rings. The number of H-pyrrole nitrogens is 1. The molecule has 2 aromatic heterocycles. The molecular weight excluding hydrogens is 366 g/mol. The van der Waals surface area contributed by atoms with E-state index in [0.29, 0.717) is 16.8 Å². The highest BCUT2D eigenvalue weighted by Gasteiger charge is 2.27. The van der Waals surface area contributed by atoms with Crippen LogP contribution in [0.3, 0.4) is 0 Å². The van der Waals surface area contributed by atoms with E-state index < -0.39 is 0 Å². The van der Waals surface area contributed by atoms with E-state index in [0.717, 1.165) is 27.9 Å². The van der Waals surface area contributed by atoms with Crippen molar-refractivity contribution in [3.63, 3.8) is 0 Å². The fourth-order valence-electron chi connectivity index (χ4n) is 2.59. The Morgan fingerprint density at radius 2 is 2.08 bits per heavy atom. The van der Waals surface area contributed by atoms with Gasteiger partial charge in [0.2, 0.25) is 11.1 Å². The first-order valence-electron chi connectivity index (χ1n) is 8.47. The predicted molar refractivity (Wildman–Crippen MR) is 104 cm³/mol. The summed E-state index contributed by atoms with van der Waals surface area (Å²) in [5.74, 6) is 2.19. The van der Waals surface area contributed by atoms with Crippen LogP contribution in [-0.4, -0.2) is 26.1 Å². The summed E-state index contributed by atoms with van der Waals surface area (Å²) < 4.78 is 0. The van der Waals surface area contributed by atoms with Crippen LogP contribution in [0.4, 0.5) is 10.8 Å². The van der Waals surface area contributed by atoms with Crippen molar-refractivity contribution < 1.29 is 4.79 Å². The van der Waals surface area contributed by atoms with Gasteiger partial charge in [0.25, 0.3) is 0 Å². The van der Waals surface area contributed by atoms with Crippen LogP contribution >= 0.6 is 23.1 Å². The number of anilines is 2. The van der Waals surface area contributed by atoms with Gasteiger partial charge < -0.3 is 0 Å². The molecule has 0 spiro atoms. The number of thioether (sulfide) groups is 1. The topological polar surface area (TPSA) is 74.8 Å². The number of amides is 1. The molecule has 0 aliphatic heterocycles. The number of hydrogen-bond donors (Lipinski definition) is 1. The number of benzene rings is 1. The lowest BCUT2D eigenvalue weighted by atomic mass is 10.2. The van der Waals surface area contributed by atoms with E-state index in [1.165, 1.54) is 24.2 Å². The summed E-state index contributed by atoms with van der Waals surface area (Å²) in [7, 11) is 0. The highest BCUT2D eigenvalue weighted by Crippen LogP contribution is 2.38. The first-order valence-corrected chi connectivity index (χ1v) is 10.3. The Morgan fingerprint density at radius 3 is 2.77 bits per heavy atom. The SMILES string of the molecule is CC(=O)N(c1ccc(C)cc1)c1nc(CSc2n[nH]c(C3CC3)n2)cs1. The molecule has 8 heteroatoms. The minimum absolute atomic E-state index is 0.0505. The third-order valence-electron chi connectivity index (χ3n) is 4.13. The molecule has 1 aliphatic carbocycles. The van der Waals surface area contributed by atoms with Crippen molar-refractivity contribution in [2.24, 2.45) is 0 Å². The summed E-state index contributed by atoms with van der Waals surface area (Å²) in [5, 5.41) is 10.7. The molecular formula is C18H19N5OS2. The summed E-state index contributed by atoms with van der Waals surface area (Å²) in [6, 6.07) is 7.88. The van der Waals surface area contributed by atoms with Gasteiger partial charge in [-0.1, -0.05) is 29.5 Å². The van der Waals surface area contributed by atoms with E-state index >= 15 is 0 Å². The highest BCUT2D eigenvalue weighted by atomic mass is 32.2. The monoisotopic (exact) mass is 385 g/mol. The molecule has 1 amide bonds. The summed E-state index contributed by atoms with van der Waals surface area (Å²) in [4.78, 5) is 23.0. The lowest BCUT2D eigenvalue weighted by Crippen LogP contribution is -2.22. The molecule has 2 heterocycles. The number of nitrogens with zero attached hydrogens (tertiary/aromatic N) is 4. The first-order chi connectivity index (χ1) is 12.6. The smallest absolute Gasteiger partial charge is 0.230 e. The number of aromatic amines is 1. The molecule has 1 aliphatic rings. The van der Waals surface area contributed by atoms with Gasteiger partial charge in [0, 0.05) is 24.0 Å². The second-order valence-corrected chi connectivity index (χ2v) is 8.16. The van der Waals surface area contributed by atoms with E-state index in [4.69, 9.17) is 0 Å². The Hall–Kier alpha value is -2.19. The maximum atomic E-state index is 12.2. The molecule has 0 unspecified atom stereocenters. The van der Waals surface area contributed by atoms with E-state index in [1.807, 2.05) is 36.6 Å². The van der Waals surface area contributed by atoms with Gasteiger partial charge in [0.15, 0.2) is 5.13 Å². The van der Waals surface area contributed by atoms with E-state index in [1.54, 1.807) is 23.6 Å². The summed E-state index contributed by atoms with van der Waals surface area (Å²) in [6.07, 6.45) is 2.41. The van der Waals surface area contributed by atoms with Crippen LogP contribution in [0.2, 0.25) is 0 Å². The van der Waals surface area contributed by atoms with Crippen molar-refractivity contribution >= 4 is 39.8 Å². The fourth-order valence-corrected chi connectivity index (χ4v) is 4.28. The van der Waals surface area contributed by atoms with Gasteiger partial charge in [0.1, 0.15) is 5.82 Å². The molecule has 0 saturated heterocycles. The number of thiazole rings is 1. The molecule has 1 N–H and O–H groups in total. The lowest BCUT2D eigenvalue weighted by molar-refractivity contribution is -0.115. The minimum atomic E-state index is -0.0505. The number of carbonyl (C=O) groups excluding carboxylic acids is 1. The van der Waals surface area contributed by atoms with Crippen molar-refractivity contribution in [2.75, 3.05) is 4.90 Å². The first kappa shape index (κ1) is 17.2. The number of rotatable bonds is 6. The van der Waals surface area contributed by atoms with Crippen LogP contribution in [0, 0.1) is 6.92 Å². The Labute approximate surface area is 160 Å². The molecule has 0 atom stereocenters. The molecule has 26 heavy (non-hydrogen) atoms. The number of hydrogen-bond acceptors (Lipinski definition) is 6. The van der Waals surface area contributed by atoms with Crippen molar-refractivity contribution in [1.29, 1.82) is 0 Å². The van der Waals surface area contributed by atoms with Crippen LogP contribution in [0.1, 0.15) is 42.8 Å². The van der Waals surface area contributed by atoms with Crippen LogP contribution in [0.25, 0.3) is 0 Å². The number of nitrogens with one attached hydrogen (secondary N) is 1. The highest BCUT2D eigenvalue weighted by molar-refractivity contribution is 7.98. The van der Waals surface area contributed by atoms with Crippen LogP contribution < -0.4 is 4.90 Å². The fraction of sp³-hybridized carbons (Fsp3) is 0.333. The largest absolute Gasteiger partial charge is 0.274 e. The molecule has 0 radical (unpaired) electrons. The molecule has 1 aromatic carbocycles. The number of aromatic nitrogens is 4. The molecule has 6 nitrogen and oxygen atoms in total. The maximum Gasteiger partial charge on any atom is 0.230 e. The minimum Gasteiger partial charge on any atom is -0.274 e. The molecule has 1 saturated carbocycles. The quantitative estimate of drug-likeness (QED) is 0.636. The third kappa shape index (κ3) is 3.81. The van der Waals surface area contributed by atoms with Gasteiger partial charge in [-0.2, -0.15) is 0 Å². The normalized spacial score (nSPS) is 13.8. The Kier molecular flexibility index (Phi) is 4.78. The molecule has 134 valence electrons. The van der Waals surface area contributed by atoms with Crippen molar-refractivity contribution in [1.82, 2.24) is 20.2 Å². The zero-order chi connectivity index (χ0) is 18.1. The second kappa shape index (κ2) is 7.20. The summed E-state index contributed by atoms with van der Waals surface area (Å²) in [6.45, 7) is 3.58. The van der Waals surface area contributed by atoms with Gasteiger partial charge in [-0.3, -0.25) is 14.8 Å². The van der Waals surface area contributed by atoms with Crippen molar-refractivity contribution in [2.45, 2.75) is 43.5 Å². The average molecular weight is 386 g/mol. The standard InChI is InChI=1S/C18H19N5OS2/c1-11-3-7-15(8-4-11)23(12(2)24)18-19-14(10-26-18)9-25-17-20-16(21-22-17)13-5-6-13/h3-4,7-8,10,13H,5-6,9H2,1-2H3,(H,20,21,22). The average Bonchev–Trinajstić information content (AvgIpc) is 3.18. The van der Waals surface area contributed by atoms with Gasteiger partial charge in [-0.15, -0.1) is 16.4 Å². The Bertz CT molecular complexity index is 914. The van der Waals surface area contributed by atoms with Gasteiger partial charge in [0.05, 0.1) is 11.4 Å². The van der Waals surface area contributed by atoms with Gasteiger partial charge in [-0.05, 0) is 31.9 Å². The molecule has 0 bridgehead atoms. The van der Waals surface area contributed by atoms with E-state index in [9.17, 15) is 4.79 Å². The van der Waals surface area contributed by atoms with Crippen LogP contribution in [-0.2, 0) is 10.5 Å². The summed E-state index contributed by atoms with van der Waals surface area (Å²) >= 11 is 3.03. The Morgan fingerprint density at radius 1 is 1.31 bits per heavy atom. The number of aryl methyl sites for hydroxylation is 1. The predicted octanol–water partition coefficient (Wildman–Crippen LogP) is 4.42. The summed E-state index contributed by atoms with van der Waals surface area (Å²) in [5.41, 5.74) is 2.91. The van der Waals surface area contributed by atoms with Gasteiger partial charge >= 0.3 is 0 Å². The second-order valence-electron chi connectivity index (χ2n) is 6.38. The van der Waals surface area contributed by atoms with Crippen molar-refractivity contribution in [3.8, 4) is 0 Å². The van der Waals surface area contributed by atoms with Crippen LogP contribution in [0.5, 0.6) is 0 Å². The van der Waals surface area contributed by atoms with Crippen LogP contribution in [0.15, 0.2) is 34.8 Å². The maximum absolute atomic E-state index is 12.2. The van der Waals surface area contributed by atoms with E-state index in [2.05, 4.69) is 20.2 Å². The molecule has 3 aromatic rings. The third-order valence-corrected chi connectivity index (χ3v) is 5.89. The lowest BCUT2D eigenvalue weighted by Gasteiger charge is -2.18. The zero-order valence-corrected chi connectivity index (χ0v) is 16.2. The zero-order valence-electron chi connectivity index (χ0n) is 14.6. The van der Waals surface area contributed by atoms with Crippen molar-refractivity contribution in [3.05, 3.63) is 46.7 Å².